The Balaban J connectivity index is 1.86. The largest absolute Gasteiger partial charge is 0.497 e. The Bertz CT molecular complexity index is 606. The average molecular weight is 344 g/mol. The van der Waals surface area contributed by atoms with Gasteiger partial charge < -0.3 is 15.0 Å². The fraction of sp³-hybridized carbons (Fsp3) is 0.500. The number of carbonyl (C=O) groups is 2. The van der Waals surface area contributed by atoms with Crippen LogP contribution in [0.5, 0.6) is 5.75 Å². The van der Waals surface area contributed by atoms with E-state index in [2.05, 4.69) is 12.2 Å². The van der Waals surface area contributed by atoms with Gasteiger partial charge in [0.25, 0.3) is 0 Å². The molecular weight excluding hydrogens is 316 g/mol. The number of benzene rings is 1. The molecule has 136 valence electrons. The van der Waals surface area contributed by atoms with Crippen LogP contribution in [0, 0.1) is 5.92 Å². The summed E-state index contributed by atoms with van der Waals surface area (Å²) in [7, 11) is 1.61. The Morgan fingerprint density at radius 1 is 1.32 bits per heavy atom. The highest BCUT2D eigenvalue weighted by Gasteiger charge is 2.28. The van der Waals surface area contributed by atoms with Crippen LogP contribution in [0.4, 0.5) is 0 Å². The number of hydrogen-bond donors (Lipinski definition) is 1. The van der Waals surface area contributed by atoms with Gasteiger partial charge in [-0.25, -0.2) is 0 Å². The summed E-state index contributed by atoms with van der Waals surface area (Å²) >= 11 is 0. The van der Waals surface area contributed by atoms with Crippen molar-refractivity contribution in [1.82, 2.24) is 10.2 Å². The van der Waals surface area contributed by atoms with Crippen LogP contribution in [0.2, 0.25) is 0 Å². The van der Waals surface area contributed by atoms with Crippen molar-refractivity contribution >= 4 is 17.9 Å². The van der Waals surface area contributed by atoms with Gasteiger partial charge in [-0.2, -0.15) is 0 Å². The topological polar surface area (TPSA) is 58.6 Å². The van der Waals surface area contributed by atoms with Gasteiger partial charge in [-0.05, 0) is 55.9 Å². The predicted octanol–water partition coefficient (Wildman–Crippen LogP) is 2.86. The Hall–Kier alpha value is -2.30. The monoisotopic (exact) mass is 344 g/mol. The Morgan fingerprint density at radius 3 is 2.56 bits per heavy atom. The highest BCUT2D eigenvalue weighted by atomic mass is 16.5. The molecule has 1 aliphatic rings. The van der Waals surface area contributed by atoms with E-state index in [1.807, 2.05) is 29.2 Å². The standard InChI is InChI=1S/C20H28N2O3/c1-4-13-22(14-17-5-6-17)20(24)15(2)21-19(23)12-9-16-7-10-18(25-3)11-8-16/h7-12,15,17H,4-6,13-14H2,1-3H3,(H,21,23)/b12-9+. The van der Waals surface area contributed by atoms with E-state index in [0.717, 1.165) is 30.8 Å². The summed E-state index contributed by atoms with van der Waals surface area (Å²) in [5.41, 5.74) is 0.899. The minimum atomic E-state index is -0.515. The second kappa shape index (κ2) is 9.25. The van der Waals surface area contributed by atoms with Crippen LogP contribution in [0.25, 0.3) is 6.08 Å². The first-order valence-electron chi connectivity index (χ1n) is 8.95. The van der Waals surface area contributed by atoms with Crippen LogP contribution in [-0.2, 0) is 9.59 Å². The summed E-state index contributed by atoms with van der Waals surface area (Å²) in [5, 5.41) is 2.76. The van der Waals surface area contributed by atoms with Gasteiger partial charge in [0.1, 0.15) is 11.8 Å². The number of rotatable bonds is 9. The third kappa shape index (κ3) is 6.25. The number of ether oxygens (including phenoxy) is 1. The molecular formula is C20H28N2O3. The summed E-state index contributed by atoms with van der Waals surface area (Å²) < 4.78 is 5.10. The molecule has 2 rings (SSSR count). The van der Waals surface area contributed by atoms with Crippen LogP contribution in [-0.4, -0.2) is 43.0 Å². The van der Waals surface area contributed by atoms with E-state index in [-0.39, 0.29) is 11.8 Å². The van der Waals surface area contributed by atoms with Gasteiger partial charge in [0.2, 0.25) is 11.8 Å². The van der Waals surface area contributed by atoms with Crippen LogP contribution in [0.1, 0.15) is 38.7 Å². The zero-order chi connectivity index (χ0) is 18.2. The maximum atomic E-state index is 12.5. The molecule has 5 heteroatoms. The van der Waals surface area contributed by atoms with E-state index in [4.69, 9.17) is 4.74 Å². The summed E-state index contributed by atoms with van der Waals surface area (Å²) in [6.07, 6.45) is 6.52. The third-order valence-corrected chi connectivity index (χ3v) is 4.25. The van der Waals surface area contributed by atoms with Crippen molar-refractivity contribution in [2.24, 2.45) is 5.92 Å². The van der Waals surface area contributed by atoms with Crippen LogP contribution >= 0.6 is 0 Å². The average Bonchev–Trinajstić information content (AvgIpc) is 3.43. The zero-order valence-corrected chi connectivity index (χ0v) is 15.3. The van der Waals surface area contributed by atoms with E-state index < -0.39 is 6.04 Å². The molecule has 1 aliphatic carbocycles. The first-order valence-corrected chi connectivity index (χ1v) is 8.95. The molecule has 1 aromatic rings. The van der Waals surface area contributed by atoms with E-state index in [0.29, 0.717) is 5.92 Å². The van der Waals surface area contributed by atoms with E-state index in [1.165, 1.54) is 18.9 Å². The molecule has 0 spiro atoms. The molecule has 1 atom stereocenters. The molecule has 0 saturated heterocycles. The highest BCUT2D eigenvalue weighted by Crippen LogP contribution is 2.29. The predicted molar refractivity (Wildman–Crippen MR) is 99.2 cm³/mol. The maximum Gasteiger partial charge on any atom is 0.244 e. The van der Waals surface area contributed by atoms with Gasteiger partial charge >= 0.3 is 0 Å². The Kier molecular flexibility index (Phi) is 7.04. The Labute approximate surface area is 150 Å². The molecule has 0 radical (unpaired) electrons. The molecule has 2 amide bonds. The number of nitrogens with zero attached hydrogens (tertiary/aromatic N) is 1. The molecule has 25 heavy (non-hydrogen) atoms. The first kappa shape index (κ1) is 19.0. The molecule has 0 heterocycles. The molecule has 1 unspecified atom stereocenters. The van der Waals surface area contributed by atoms with Crippen LogP contribution in [0.3, 0.4) is 0 Å². The smallest absolute Gasteiger partial charge is 0.244 e. The normalized spacial score (nSPS) is 15.0. The molecule has 1 N–H and O–H groups in total. The van der Waals surface area contributed by atoms with Crippen molar-refractivity contribution in [3.63, 3.8) is 0 Å². The van der Waals surface area contributed by atoms with Gasteiger partial charge in [0, 0.05) is 19.2 Å². The molecule has 1 fully saturated rings. The minimum absolute atomic E-state index is 0.0000486. The summed E-state index contributed by atoms with van der Waals surface area (Å²) in [5.74, 6) is 1.15. The van der Waals surface area contributed by atoms with Gasteiger partial charge in [0.15, 0.2) is 0 Å². The first-order chi connectivity index (χ1) is 12.0. The van der Waals surface area contributed by atoms with E-state index >= 15 is 0 Å². The molecule has 5 nitrogen and oxygen atoms in total. The van der Waals surface area contributed by atoms with Crippen molar-refractivity contribution in [1.29, 1.82) is 0 Å². The fourth-order valence-corrected chi connectivity index (χ4v) is 2.66. The van der Waals surface area contributed by atoms with Gasteiger partial charge in [-0.1, -0.05) is 19.1 Å². The van der Waals surface area contributed by atoms with Crippen molar-refractivity contribution in [3.8, 4) is 5.75 Å². The number of hydrogen-bond acceptors (Lipinski definition) is 3. The molecule has 0 aromatic heterocycles. The lowest BCUT2D eigenvalue weighted by atomic mass is 10.2. The molecule has 1 saturated carbocycles. The van der Waals surface area contributed by atoms with Crippen molar-refractivity contribution < 1.29 is 14.3 Å². The second-order valence-corrected chi connectivity index (χ2v) is 6.56. The lowest BCUT2D eigenvalue weighted by molar-refractivity contribution is -0.135. The molecule has 0 aliphatic heterocycles. The van der Waals surface area contributed by atoms with E-state index in [1.54, 1.807) is 20.1 Å². The number of carbonyl (C=O) groups excluding carboxylic acids is 2. The second-order valence-electron chi connectivity index (χ2n) is 6.56. The SMILES string of the molecule is CCCN(CC1CC1)C(=O)C(C)NC(=O)/C=C/c1ccc(OC)cc1. The van der Waals surface area contributed by atoms with Crippen LogP contribution < -0.4 is 10.1 Å². The fourth-order valence-electron chi connectivity index (χ4n) is 2.66. The minimum Gasteiger partial charge on any atom is -0.497 e. The van der Waals surface area contributed by atoms with Gasteiger partial charge in [0.05, 0.1) is 7.11 Å². The summed E-state index contributed by atoms with van der Waals surface area (Å²) in [6.45, 7) is 5.37. The lowest BCUT2D eigenvalue weighted by Crippen LogP contribution is -2.47. The number of nitrogens with one attached hydrogen (secondary N) is 1. The van der Waals surface area contributed by atoms with Crippen molar-refractivity contribution in [3.05, 3.63) is 35.9 Å². The van der Waals surface area contributed by atoms with Crippen molar-refractivity contribution in [2.45, 2.75) is 39.2 Å². The Morgan fingerprint density at radius 2 is 2.00 bits per heavy atom. The lowest BCUT2D eigenvalue weighted by Gasteiger charge is -2.25. The van der Waals surface area contributed by atoms with Gasteiger partial charge in [-0.15, -0.1) is 0 Å². The maximum absolute atomic E-state index is 12.5. The van der Waals surface area contributed by atoms with Crippen LogP contribution in [0.15, 0.2) is 30.3 Å². The number of methoxy groups -OCH3 is 1. The summed E-state index contributed by atoms with van der Waals surface area (Å²) in [6, 6.07) is 6.90. The van der Waals surface area contributed by atoms with Crippen molar-refractivity contribution in [2.75, 3.05) is 20.2 Å². The third-order valence-electron chi connectivity index (χ3n) is 4.25. The number of amides is 2. The van der Waals surface area contributed by atoms with E-state index in [9.17, 15) is 9.59 Å². The molecule has 1 aromatic carbocycles. The van der Waals surface area contributed by atoms with Gasteiger partial charge in [-0.3, -0.25) is 9.59 Å². The quantitative estimate of drug-likeness (QED) is 0.701. The highest BCUT2D eigenvalue weighted by molar-refractivity contribution is 5.95. The zero-order valence-electron chi connectivity index (χ0n) is 15.3. The summed E-state index contributed by atoms with van der Waals surface area (Å²) in [4.78, 5) is 26.5. The molecule has 0 bridgehead atoms.